The molecular weight excluding hydrogens is 251 g/mol. The summed E-state index contributed by atoms with van der Waals surface area (Å²) in [5.74, 6) is -0.138. The molecular formula is C17H25FN2. The lowest BCUT2D eigenvalue weighted by atomic mass is 9.83. The number of nitrogens with zero attached hydrogens (tertiary/aromatic N) is 1. The molecule has 1 aliphatic heterocycles. The predicted molar refractivity (Wildman–Crippen MR) is 81.7 cm³/mol. The third-order valence-electron chi connectivity index (χ3n) is 4.03. The Balaban J connectivity index is 2.05. The topological polar surface area (TPSA) is 29.3 Å². The van der Waals surface area contributed by atoms with Crippen molar-refractivity contribution in [1.82, 2.24) is 4.90 Å². The first kappa shape index (κ1) is 15.2. The second kappa shape index (κ2) is 6.06. The van der Waals surface area contributed by atoms with Crippen molar-refractivity contribution in [2.75, 3.05) is 13.1 Å². The van der Waals surface area contributed by atoms with Crippen LogP contribution in [0.4, 0.5) is 4.39 Å². The van der Waals surface area contributed by atoms with Crippen molar-refractivity contribution in [3.8, 4) is 0 Å². The van der Waals surface area contributed by atoms with Crippen molar-refractivity contribution in [2.45, 2.75) is 40.3 Å². The van der Waals surface area contributed by atoms with Crippen LogP contribution in [0.5, 0.6) is 0 Å². The Labute approximate surface area is 121 Å². The second-order valence-corrected chi connectivity index (χ2v) is 6.56. The quantitative estimate of drug-likeness (QED) is 0.857. The third-order valence-corrected chi connectivity index (χ3v) is 4.03. The van der Waals surface area contributed by atoms with Crippen LogP contribution in [0.2, 0.25) is 0 Å². The lowest BCUT2D eigenvalue weighted by molar-refractivity contribution is 0.267. The predicted octanol–water partition coefficient (Wildman–Crippen LogP) is 3.46. The fourth-order valence-corrected chi connectivity index (χ4v) is 2.69. The van der Waals surface area contributed by atoms with E-state index in [-0.39, 0.29) is 17.8 Å². The summed E-state index contributed by atoms with van der Waals surface area (Å²) in [6, 6.07) is 5.51. The van der Waals surface area contributed by atoms with Gasteiger partial charge >= 0.3 is 0 Å². The second-order valence-electron chi connectivity index (χ2n) is 6.56. The molecule has 1 aromatic carbocycles. The zero-order valence-corrected chi connectivity index (χ0v) is 12.7. The van der Waals surface area contributed by atoms with Gasteiger partial charge in [-0.05, 0) is 11.8 Å². The molecule has 0 aliphatic carbocycles. The molecule has 1 heterocycles. The van der Waals surface area contributed by atoms with Crippen molar-refractivity contribution < 1.29 is 4.39 Å². The standard InChI is InChI=1S/C17H25FN2/c1-17(2,3)15-7-9-20(10-8-15)12-14-6-4-5-13(11-19)16(14)18/h4-7H,8-12,19H2,1-3H3. The van der Waals surface area contributed by atoms with Crippen LogP contribution in [0.1, 0.15) is 38.3 Å². The van der Waals surface area contributed by atoms with E-state index < -0.39 is 0 Å². The minimum atomic E-state index is -0.138. The van der Waals surface area contributed by atoms with Crippen molar-refractivity contribution in [1.29, 1.82) is 0 Å². The lowest BCUT2D eigenvalue weighted by Gasteiger charge is -2.32. The molecule has 0 saturated carbocycles. The number of benzene rings is 1. The van der Waals surface area contributed by atoms with Gasteiger partial charge in [0.2, 0.25) is 0 Å². The average molecular weight is 276 g/mol. The summed E-state index contributed by atoms with van der Waals surface area (Å²) in [5, 5.41) is 0. The van der Waals surface area contributed by atoms with Crippen molar-refractivity contribution in [3.05, 3.63) is 46.8 Å². The third kappa shape index (κ3) is 3.47. The molecule has 0 unspecified atom stereocenters. The van der Waals surface area contributed by atoms with Gasteiger partial charge in [-0.25, -0.2) is 4.39 Å². The molecule has 0 spiro atoms. The maximum atomic E-state index is 14.2. The molecule has 0 fully saturated rings. The molecule has 0 atom stereocenters. The molecule has 20 heavy (non-hydrogen) atoms. The Kier molecular flexibility index (Phi) is 4.61. The number of rotatable bonds is 3. The van der Waals surface area contributed by atoms with Gasteiger partial charge < -0.3 is 5.73 Å². The van der Waals surface area contributed by atoms with Crippen molar-refractivity contribution in [3.63, 3.8) is 0 Å². The molecule has 0 radical (unpaired) electrons. The van der Waals surface area contributed by atoms with E-state index in [0.717, 1.165) is 25.1 Å². The fraction of sp³-hybridized carbons (Fsp3) is 0.529. The highest BCUT2D eigenvalue weighted by Crippen LogP contribution is 2.30. The molecule has 2 nitrogen and oxygen atoms in total. The van der Waals surface area contributed by atoms with Crippen LogP contribution in [0.15, 0.2) is 29.8 Å². The highest BCUT2D eigenvalue weighted by Gasteiger charge is 2.21. The van der Waals surface area contributed by atoms with Crippen LogP contribution in [-0.4, -0.2) is 18.0 Å². The molecule has 1 aliphatic rings. The smallest absolute Gasteiger partial charge is 0.132 e. The Bertz CT molecular complexity index is 500. The summed E-state index contributed by atoms with van der Waals surface area (Å²) < 4.78 is 14.2. The van der Waals surface area contributed by atoms with E-state index in [1.165, 1.54) is 5.57 Å². The number of nitrogens with two attached hydrogens (primary N) is 1. The highest BCUT2D eigenvalue weighted by atomic mass is 19.1. The van der Waals surface area contributed by atoms with Gasteiger partial charge in [-0.1, -0.05) is 50.6 Å². The summed E-state index contributed by atoms with van der Waals surface area (Å²) in [6.07, 6.45) is 3.37. The van der Waals surface area contributed by atoms with Gasteiger partial charge in [0.1, 0.15) is 5.82 Å². The fourth-order valence-electron chi connectivity index (χ4n) is 2.69. The molecule has 2 N–H and O–H groups in total. The molecule has 0 amide bonds. The Morgan fingerprint density at radius 3 is 2.50 bits per heavy atom. The Hall–Kier alpha value is -1.19. The van der Waals surface area contributed by atoms with E-state index in [4.69, 9.17) is 5.73 Å². The maximum absolute atomic E-state index is 14.2. The van der Waals surface area contributed by atoms with Gasteiger partial charge in [0.05, 0.1) is 0 Å². The monoisotopic (exact) mass is 276 g/mol. The molecule has 2 rings (SSSR count). The van der Waals surface area contributed by atoms with Crippen molar-refractivity contribution in [2.24, 2.45) is 11.1 Å². The van der Waals surface area contributed by atoms with Crippen LogP contribution in [-0.2, 0) is 13.1 Å². The number of halogens is 1. The molecule has 3 heteroatoms. The number of hydrogen-bond donors (Lipinski definition) is 1. The van der Waals surface area contributed by atoms with E-state index in [9.17, 15) is 4.39 Å². The number of hydrogen-bond acceptors (Lipinski definition) is 2. The molecule has 110 valence electrons. The van der Waals surface area contributed by atoms with E-state index >= 15 is 0 Å². The summed E-state index contributed by atoms with van der Waals surface area (Å²) in [7, 11) is 0. The van der Waals surface area contributed by atoms with Crippen LogP contribution in [0, 0.1) is 11.2 Å². The van der Waals surface area contributed by atoms with Gasteiger partial charge in [0.25, 0.3) is 0 Å². The first-order chi connectivity index (χ1) is 9.41. The zero-order chi connectivity index (χ0) is 14.8. The van der Waals surface area contributed by atoms with Crippen LogP contribution in [0.25, 0.3) is 0 Å². The first-order valence-electron chi connectivity index (χ1n) is 7.30. The molecule has 0 saturated heterocycles. The van der Waals surface area contributed by atoms with Gasteiger partial charge in [-0.15, -0.1) is 0 Å². The Morgan fingerprint density at radius 2 is 1.95 bits per heavy atom. The molecule has 0 aromatic heterocycles. The minimum absolute atomic E-state index is 0.138. The van der Waals surface area contributed by atoms with Crippen LogP contribution < -0.4 is 5.73 Å². The lowest BCUT2D eigenvalue weighted by Crippen LogP contribution is -2.31. The minimum Gasteiger partial charge on any atom is -0.326 e. The van der Waals surface area contributed by atoms with Crippen LogP contribution >= 0.6 is 0 Å². The van der Waals surface area contributed by atoms with E-state index in [2.05, 4.69) is 31.7 Å². The summed E-state index contributed by atoms with van der Waals surface area (Å²) >= 11 is 0. The van der Waals surface area contributed by atoms with Gasteiger partial charge in [0, 0.05) is 37.3 Å². The maximum Gasteiger partial charge on any atom is 0.132 e. The highest BCUT2D eigenvalue weighted by molar-refractivity contribution is 5.26. The average Bonchev–Trinajstić information content (AvgIpc) is 2.41. The van der Waals surface area contributed by atoms with Crippen LogP contribution in [0.3, 0.4) is 0 Å². The van der Waals surface area contributed by atoms with E-state index in [1.807, 2.05) is 12.1 Å². The van der Waals surface area contributed by atoms with E-state index in [1.54, 1.807) is 6.07 Å². The summed E-state index contributed by atoms with van der Waals surface area (Å²) in [6.45, 7) is 9.56. The zero-order valence-electron chi connectivity index (χ0n) is 12.7. The Morgan fingerprint density at radius 1 is 1.25 bits per heavy atom. The largest absolute Gasteiger partial charge is 0.326 e. The molecule has 0 bridgehead atoms. The van der Waals surface area contributed by atoms with Gasteiger partial charge in [-0.2, -0.15) is 0 Å². The SMILES string of the molecule is CC(C)(C)C1=CCN(Cc2cccc(CN)c2F)CC1. The normalized spacial score (nSPS) is 17.1. The molecule has 1 aromatic rings. The summed E-state index contributed by atoms with van der Waals surface area (Å²) in [4.78, 5) is 2.29. The van der Waals surface area contributed by atoms with Gasteiger partial charge in [-0.3, -0.25) is 4.90 Å². The first-order valence-corrected chi connectivity index (χ1v) is 7.30. The van der Waals surface area contributed by atoms with E-state index in [0.29, 0.717) is 12.1 Å². The van der Waals surface area contributed by atoms with Crippen molar-refractivity contribution >= 4 is 0 Å². The van der Waals surface area contributed by atoms with Gasteiger partial charge in [0.15, 0.2) is 0 Å². The summed E-state index contributed by atoms with van der Waals surface area (Å²) in [5.41, 5.74) is 8.66.